The van der Waals surface area contributed by atoms with Crippen molar-refractivity contribution in [2.24, 2.45) is 0 Å². The van der Waals surface area contributed by atoms with Gasteiger partial charge in [-0.2, -0.15) is 5.26 Å². The van der Waals surface area contributed by atoms with Crippen molar-refractivity contribution in [3.05, 3.63) is 119 Å². The minimum atomic E-state index is -1.40. The molecular weight excluding hydrogens is 482 g/mol. The molecule has 1 atom stereocenters. The molecule has 0 saturated heterocycles. The summed E-state index contributed by atoms with van der Waals surface area (Å²) in [5, 5.41) is 26.5. The van der Waals surface area contributed by atoms with Gasteiger partial charge in [0.2, 0.25) is 0 Å². The average molecular weight is 507 g/mol. The number of hydrogen-bond donors (Lipinski definition) is 2. The Bertz CT molecular complexity index is 1460. The molecule has 4 aromatic rings. The van der Waals surface area contributed by atoms with Crippen molar-refractivity contribution in [2.75, 3.05) is 17.7 Å². The van der Waals surface area contributed by atoms with E-state index in [-0.39, 0.29) is 11.3 Å². The number of rotatable bonds is 10. The molecule has 38 heavy (non-hydrogen) atoms. The fourth-order valence-corrected chi connectivity index (χ4v) is 3.80. The number of carboxylic acid groups (broad SMARTS) is 1. The molecule has 0 fully saturated rings. The van der Waals surface area contributed by atoms with Crippen LogP contribution in [0.3, 0.4) is 0 Å². The molecule has 0 aliphatic heterocycles. The molecule has 1 amide bonds. The zero-order valence-electron chi connectivity index (χ0n) is 20.5. The van der Waals surface area contributed by atoms with E-state index >= 15 is 0 Å². The van der Waals surface area contributed by atoms with E-state index in [0.717, 1.165) is 5.56 Å². The number of nitriles is 1. The van der Waals surface area contributed by atoms with Gasteiger partial charge in [-0.3, -0.25) is 4.79 Å². The maximum absolute atomic E-state index is 13.5. The van der Waals surface area contributed by atoms with Crippen molar-refractivity contribution in [2.45, 2.75) is 12.6 Å². The summed E-state index contributed by atoms with van der Waals surface area (Å²) in [5.41, 5.74) is 2.56. The third kappa shape index (κ3) is 6.28. The second kappa shape index (κ2) is 12.1. The molecule has 1 unspecified atom stereocenters. The SMILES string of the molecule is COc1cc(C(Nc2ccc(C#N)cc2)C(=O)Nc2ccccc2C(=O)[O-])ccc1OCc1ccccc1. The van der Waals surface area contributed by atoms with Crippen LogP contribution >= 0.6 is 0 Å². The van der Waals surface area contributed by atoms with E-state index in [4.69, 9.17) is 14.7 Å². The van der Waals surface area contributed by atoms with Gasteiger partial charge in [-0.1, -0.05) is 54.6 Å². The van der Waals surface area contributed by atoms with Crippen molar-refractivity contribution in [1.29, 1.82) is 5.26 Å². The molecule has 8 nitrogen and oxygen atoms in total. The number of nitrogens with one attached hydrogen (secondary N) is 2. The number of anilines is 2. The average Bonchev–Trinajstić information content (AvgIpc) is 2.95. The van der Waals surface area contributed by atoms with E-state index < -0.39 is 17.9 Å². The van der Waals surface area contributed by atoms with E-state index in [2.05, 4.69) is 16.7 Å². The van der Waals surface area contributed by atoms with Crippen LogP contribution in [0.4, 0.5) is 11.4 Å². The van der Waals surface area contributed by atoms with Crippen LogP contribution in [-0.2, 0) is 11.4 Å². The van der Waals surface area contributed by atoms with Crippen LogP contribution in [0.25, 0.3) is 0 Å². The van der Waals surface area contributed by atoms with Gasteiger partial charge in [0.1, 0.15) is 12.6 Å². The van der Waals surface area contributed by atoms with Crippen molar-refractivity contribution >= 4 is 23.3 Å². The number of nitrogens with zero attached hydrogens (tertiary/aromatic N) is 1. The molecule has 4 rings (SSSR count). The minimum absolute atomic E-state index is 0.110. The van der Waals surface area contributed by atoms with E-state index in [0.29, 0.717) is 34.9 Å². The van der Waals surface area contributed by atoms with Gasteiger partial charge < -0.3 is 30.0 Å². The first-order valence-electron chi connectivity index (χ1n) is 11.7. The van der Waals surface area contributed by atoms with Crippen molar-refractivity contribution in [1.82, 2.24) is 0 Å². The summed E-state index contributed by atoms with van der Waals surface area (Å²) in [6.07, 6.45) is 0. The number of methoxy groups -OCH3 is 1. The summed E-state index contributed by atoms with van der Waals surface area (Å²) in [4.78, 5) is 25.0. The molecule has 0 radical (unpaired) electrons. The predicted molar refractivity (Wildman–Crippen MR) is 141 cm³/mol. The fraction of sp³-hybridized carbons (Fsp3) is 0.100. The zero-order valence-corrected chi connectivity index (χ0v) is 20.5. The summed E-state index contributed by atoms with van der Waals surface area (Å²) in [7, 11) is 1.51. The first kappa shape index (κ1) is 25.8. The summed E-state index contributed by atoms with van der Waals surface area (Å²) in [5.74, 6) is -0.991. The zero-order chi connectivity index (χ0) is 26.9. The molecule has 4 aromatic carbocycles. The lowest BCUT2D eigenvalue weighted by Crippen LogP contribution is -2.29. The van der Waals surface area contributed by atoms with Crippen LogP contribution in [0.2, 0.25) is 0 Å². The third-order valence-corrected chi connectivity index (χ3v) is 5.75. The molecule has 0 bridgehead atoms. The number of benzene rings is 4. The Morgan fingerprint density at radius 3 is 2.32 bits per heavy atom. The molecule has 0 aliphatic carbocycles. The van der Waals surface area contributed by atoms with Crippen molar-refractivity contribution in [3.8, 4) is 17.6 Å². The smallest absolute Gasteiger partial charge is 0.251 e. The molecule has 0 aliphatic rings. The second-order valence-corrected chi connectivity index (χ2v) is 8.27. The number of para-hydroxylation sites is 1. The van der Waals surface area contributed by atoms with E-state index in [1.807, 2.05) is 30.3 Å². The lowest BCUT2D eigenvalue weighted by atomic mass is 10.0. The Hall–Kier alpha value is -5.29. The number of carbonyl (C=O) groups excluding carboxylic acids is 2. The van der Waals surface area contributed by atoms with Gasteiger partial charge in [0.05, 0.1) is 24.7 Å². The lowest BCUT2D eigenvalue weighted by Gasteiger charge is -2.22. The molecule has 8 heteroatoms. The van der Waals surface area contributed by atoms with Crippen LogP contribution in [0, 0.1) is 11.3 Å². The summed E-state index contributed by atoms with van der Waals surface area (Å²) < 4.78 is 11.5. The van der Waals surface area contributed by atoms with Crippen molar-refractivity contribution in [3.63, 3.8) is 0 Å². The van der Waals surface area contributed by atoms with Crippen LogP contribution < -0.4 is 25.2 Å². The molecular formula is C30H24N3O5-. The Labute approximate surface area is 220 Å². The van der Waals surface area contributed by atoms with E-state index in [1.54, 1.807) is 54.6 Å². The molecule has 190 valence electrons. The maximum atomic E-state index is 13.5. The van der Waals surface area contributed by atoms with Gasteiger partial charge in [-0.25, -0.2) is 0 Å². The highest BCUT2D eigenvalue weighted by molar-refractivity contribution is 6.02. The van der Waals surface area contributed by atoms with Crippen LogP contribution in [0.15, 0.2) is 97.1 Å². The number of amides is 1. The fourth-order valence-electron chi connectivity index (χ4n) is 3.80. The first-order chi connectivity index (χ1) is 18.5. The highest BCUT2D eigenvalue weighted by atomic mass is 16.5. The van der Waals surface area contributed by atoms with Gasteiger partial charge in [-0.05, 0) is 53.6 Å². The molecule has 0 heterocycles. The minimum Gasteiger partial charge on any atom is -0.545 e. The Morgan fingerprint density at radius 2 is 1.63 bits per heavy atom. The van der Waals surface area contributed by atoms with Crippen molar-refractivity contribution < 1.29 is 24.2 Å². The topological polar surface area (TPSA) is 124 Å². The number of carbonyl (C=O) groups is 2. The van der Waals surface area contributed by atoms with Crippen LogP contribution in [-0.4, -0.2) is 19.0 Å². The summed E-state index contributed by atoms with van der Waals surface area (Å²) >= 11 is 0. The number of hydrogen-bond acceptors (Lipinski definition) is 7. The standard InChI is InChI=1S/C30H25N3O5/c1-37-27-17-22(13-16-26(27)38-19-21-7-3-2-4-8-21)28(32-23-14-11-20(18-31)12-15-23)29(34)33-25-10-6-5-9-24(25)30(35)36/h2-17,28,32H,19H2,1H3,(H,33,34)(H,35,36)/p-1. The largest absolute Gasteiger partial charge is 0.545 e. The number of aromatic carboxylic acids is 1. The van der Waals surface area contributed by atoms with Gasteiger partial charge in [0, 0.05) is 16.9 Å². The number of ether oxygens (including phenoxy) is 2. The number of carboxylic acids is 1. The maximum Gasteiger partial charge on any atom is 0.251 e. The Balaban J connectivity index is 1.64. The second-order valence-electron chi connectivity index (χ2n) is 8.27. The Kier molecular flexibility index (Phi) is 8.21. The molecule has 0 aromatic heterocycles. The lowest BCUT2D eigenvalue weighted by molar-refractivity contribution is -0.254. The first-order valence-corrected chi connectivity index (χ1v) is 11.7. The highest BCUT2D eigenvalue weighted by Crippen LogP contribution is 2.33. The quantitative estimate of drug-likeness (QED) is 0.329. The monoisotopic (exact) mass is 506 g/mol. The molecule has 2 N–H and O–H groups in total. The Morgan fingerprint density at radius 1 is 0.921 bits per heavy atom. The third-order valence-electron chi connectivity index (χ3n) is 5.75. The molecule has 0 spiro atoms. The van der Waals surface area contributed by atoms with Gasteiger partial charge in [0.15, 0.2) is 11.5 Å². The van der Waals surface area contributed by atoms with E-state index in [9.17, 15) is 14.7 Å². The van der Waals surface area contributed by atoms with Gasteiger partial charge in [0.25, 0.3) is 5.91 Å². The summed E-state index contributed by atoms with van der Waals surface area (Å²) in [6.45, 7) is 0.337. The normalized spacial score (nSPS) is 11.1. The van der Waals surface area contributed by atoms with Gasteiger partial charge >= 0.3 is 0 Å². The highest BCUT2D eigenvalue weighted by Gasteiger charge is 2.23. The van der Waals surface area contributed by atoms with Crippen LogP contribution in [0.5, 0.6) is 11.5 Å². The van der Waals surface area contributed by atoms with E-state index in [1.165, 1.54) is 19.2 Å². The molecule has 0 saturated carbocycles. The summed E-state index contributed by atoms with van der Waals surface area (Å²) in [6, 6.07) is 28.6. The van der Waals surface area contributed by atoms with Gasteiger partial charge in [-0.15, -0.1) is 0 Å². The predicted octanol–water partition coefficient (Wildman–Crippen LogP) is 4.30. The van der Waals surface area contributed by atoms with Crippen LogP contribution in [0.1, 0.15) is 33.1 Å².